The average molecular weight is 592 g/mol. The van der Waals surface area contributed by atoms with Crippen molar-refractivity contribution in [3.8, 4) is 22.6 Å². The Bertz CT molecular complexity index is 1610. The van der Waals surface area contributed by atoms with Gasteiger partial charge in [-0.25, -0.2) is 0 Å². The second-order valence-electron chi connectivity index (χ2n) is 12.0. The van der Waals surface area contributed by atoms with E-state index < -0.39 is 58.0 Å². The molecular formula is C32H37N3O8. The topological polar surface area (TPSA) is 183 Å². The van der Waals surface area contributed by atoms with Crippen LogP contribution in [0.4, 0.5) is 0 Å². The standard InChI is InChI=1S/C32H37N3O8/c1-14(2)34-13-15-6-9-22(43-5)18(10-15)17-7-8-21(36)24-19(17)11-16-12-20-26(35(3)4)28(38)25(31(33)41)30(40)32(20,42)29(39)23(16)27(24)37/h6-10,14,16,20,26,34,36,38-39,42H,11-13H2,1-5H3,(H2,33,41)/t16-,20-,26+,32+/m1/s1. The summed E-state index contributed by atoms with van der Waals surface area (Å²) in [7, 11) is 4.74. The van der Waals surface area contributed by atoms with Crippen molar-refractivity contribution in [2.75, 3.05) is 21.2 Å². The van der Waals surface area contributed by atoms with Gasteiger partial charge in [0.1, 0.15) is 28.6 Å². The van der Waals surface area contributed by atoms with Crippen molar-refractivity contribution in [3.63, 3.8) is 0 Å². The van der Waals surface area contributed by atoms with E-state index in [1.165, 1.54) is 11.0 Å². The lowest BCUT2D eigenvalue weighted by molar-refractivity contribution is -0.148. The number of ketones is 2. The predicted octanol–water partition coefficient (Wildman–Crippen LogP) is 2.29. The Morgan fingerprint density at radius 2 is 1.84 bits per heavy atom. The van der Waals surface area contributed by atoms with Crippen LogP contribution in [0.15, 0.2) is 53.0 Å². The van der Waals surface area contributed by atoms with E-state index in [4.69, 9.17) is 10.5 Å². The molecule has 0 aromatic heterocycles. The van der Waals surface area contributed by atoms with Gasteiger partial charge in [-0.05, 0) is 67.7 Å². The highest BCUT2D eigenvalue weighted by molar-refractivity contribution is 6.25. The number of primary amides is 1. The zero-order valence-electron chi connectivity index (χ0n) is 24.8. The minimum absolute atomic E-state index is 0.0103. The third kappa shape index (κ3) is 4.59. The van der Waals surface area contributed by atoms with Gasteiger partial charge in [-0.3, -0.25) is 19.3 Å². The molecule has 0 heterocycles. The molecular weight excluding hydrogens is 554 g/mol. The second-order valence-corrected chi connectivity index (χ2v) is 12.0. The molecule has 11 nitrogen and oxygen atoms in total. The van der Waals surface area contributed by atoms with Crippen LogP contribution in [0.5, 0.6) is 11.5 Å². The molecule has 43 heavy (non-hydrogen) atoms. The van der Waals surface area contributed by atoms with Gasteiger partial charge in [0.2, 0.25) is 5.78 Å². The van der Waals surface area contributed by atoms with Gasteiger partial charge in [0.15, 0.2) is 11.4 Å². The molecule has 11 heteroatoms. The molecule has 4 atom stereocenters. The number of nitrogens with zero attached hydrogens (tertiary/aromatic N) is 1. The maximum atomic E-state index is 14.1. The first-order chi connectivity index (χ1) is 20.2. The third-order valence-corrected chi connectivity index (χ3v) is 8.87. The number of fused-ring (bicyclic) bond motifs is 3. The minimum Gasteiger partial charge on any atom is -0.510 e. The lowest BCUT2D eigenvalue weighted by Crippen LogP contribution is -2.63. The van der Waals surface area contributed by atoms with Crippen molar-refractivity contribution in [2.45, 2.75) is 50.9 Å². The van der Waals surface area contributed by atoms with Crippen molar-refractivity contribution in [3.05, 3.63) is 69.7 Å². The number of aliphatic hydroxyl groups is 3. The molecule has 0 saturated heterocycles. The van der Waals surface area contributed by atoms with E-state index in [0.29, 0.717) is 29.0 Å². The number of carbonyl (C=O) groups excluding carboxylic acids is 3. The van der Waals surface area contributed by atoms with Crippen LogP contribution in [0, 0.1) is 11.8 Å². The first-order valence-corrected chi connectivity index (χ1v) is 14.1. The number of amides is 1. The molecule has 0 spiro atoms. The van der Waals surface area contributed by atoms with Crippen molar-refractivity contribution < 1.29 is 39.5 Å². The van der Waals surface area contributed by atoms with Crippen LogP contribution >= 0.6 is 0 Å². The molecule has 1 amide bonds. The van der Waals surface area contributed by atoms with Gasteiger partial charge in [0.25, 0.3) is 5.91 Å². The molecule has 3 aliphatic rings. The van der Waals surface area contributed by atoms with Crippen LogP contribution in [0.2, 0.25) is 0 Å². The summed E-state index contributed by atoms with van der Waals surface area (Å²) in [5.41, 5.74) is 4.52. The monoisotopic (exact) mass is 591 g/mol. The van der Waals surface area contributed by atoms with Gasteiger partial charge >= 0.3 is 0 Å². The summed E-state index contributed by atoms with van der Waals surface area (Å²) in [6.07, 6.45) is 0.187. The Morgan fingerprint density at radius 3 is 2.44 bits per heavy atom. The van der Waals surface area contributed by atoms with Crippen molar-refractivity contribution in [1.82, 2.24) is 10.2 Å². The molecule has 228 valence electrons. The Labute approximate surface area is 249 Å². The molecule has 0 unspecified atom stereocenters. The smallest absolute Gasteiger partial charge is 0.255 e. The number of methoxy groups -OCH3 is 1. The zero-order valence-corrected chi connectivity index (χ0v) is 24.8. The maximum Gasteiger partial charge on any atom is 0.255 e. The van der Waals surface area contributed by atoms with Crippen LogP contribution in [-0.4, -0.2) is 81.7 Å². The van der Waals surface area contributed by atoms with Crippen LogP contribution in [0.3, 0.4) is 0 Å². The number of Topliss-reactive ketones (excluding diaryl/α,β-unsaturated/α-hetero) is 2. The summed E-state index contributed by atoms with van der Waals surface area (Å²) in [4.78, 5) is 41.3. The number of aromatic hydroxyl groups is 1. The number of hydrogen-bond donors (Lipinski definition) is 6. The van der Waals surface area contributed by atoms with E-state index in [9.17, 15) is 34.8 Å². The predicted molar refractivity (Wildman–Crippen MR) is 158 cm³/mol. The molecule has 0 saturated carbocycles. The van der Waals surface area contributed by atoms with E-state index in [2.05, 4.69) is 5.32 Å². The second kappa shape index (κ2) is 10.8. The van der Waals surface area contributed by atoms with Gasteiger partial charge in [-0.1, -0.05) is 26.0 Å². The summed E-state index contributed by atoms with van der Waals surface area (Å²) >= 11 is 0. The van der Waals surface area contributed by atoms with Crippen molar-refractivity contribution in [2.24, 2.45) is 17.6 Å². The number of hydrogen-bond acceptors (Lipinski definition) is 10. The Morgan fingerprint density at radius 1 is 1.14 bits per heavy atom. The average Bonchev–Trinajstić information content (AvgIpc) is 2.93. The largest absolute Gasteiger partial charge is 0.510 e. The number of nitrogens with two attached hydrogens (primary N) is 1. The first kappa shape index (κ1) is 30.3. The molecule has 0 radical (unpaired) electrons. The number of aliphatic hydroxyl groups excluding tert-OH is 2. The fourth-order valence-corrected chi connectivity index (χ4v) is 6.90. The number of allylic oxidation sites excluding steroid dienone is 1. The van der Waals surface area contributed by atoms with Gasteiger partial charge in [0, 0.05) is 29.6 Å². The van der Waals surface area contributed by atoms with E-state index in [-0.39, 0.29) is 35.8 Å². The zero-order chi connectivity index (χ0) is 31.5. The third-order valence-electron chi connectivity index (χ3n) is 8.87. The maximum absolute atomic E-state index is 14.1. The normalized spacial score (nSPS) is 25.2. The molecule has 2 aromatic rings. The number of benzene rings is 2. The lowest BCUT2D eigenvalue weighted by atomic mass is 9.58. The Balaban J connectivity index is 1.69. The van der Waals surface area contributed by atoms with Crippen LogP contribution < -0.4 is 15.8 Å². The summed E-state index contributed by atoms with van der Waals surface area (Å²) in [6, 6.07) is 8.06. The molecule has 2 aromatic carbocycles. The van der Waals surface area contributed by atoms with E-state index in [1.54, 1.807) is 27.3 Å². The van der Waals surface area contributed by atoms with Gasteiger partial charge in [-0.15, -0.1) is 0 Å². The van der Waals surface area contributed by atoms with Gasteiger partial charge in [-0.2, -0.15) is 0 Å². The van der Waals surface area contributed by atoms with E-state index >= 15 is 0 Å². The molecule has 3 aliphatic carbocycles. The van der Waals surface area contributed by atoms with Crippen LogP contribution in [0.1, 0.15) is 41.8 Å². The highest BCUT2D eigenvalue weighted by atomic mass is 16.5. The van der Waals surface area contributed by atoms with Crippen LogP contribution in [0.25, 0.3) is 11.1 Å². The first-order valence-electron chi connectivity index (χ1n) is 14.1. The fraction of sp³-hybridized carbons (Fsp3) is 0.406. The number of phenolic OH excluding ortho intramolecular Hbond substituents is 1. The molecule has 5 rings (SSSR count). The fourth-order valence-electron chi connectivity index (χ4n) is 6.90. The van der Waals surface area contributed by atoms with Gasteiger partial charge in [0.05, 0.1) is 18.7 Å². The van der Waals surface area contributed by atoms with E-state index in [0.717, 1.165) is 5.56 Å². The van der Waals surface area contributed by atoms with E-state index in [1.807, 2.05) is 32.0 Å². The number of nitrogens with one attached hydrogen (secondary N) is 1. The number of carbonyl (C=O) groups is 3. The van der Waals surface area contributed by atoms with Crippen molar-refractivity contribution >= 4 is 17.5 Å². The highest BCUT2D eigenvalue weighted by Crippen LogP contribution is 2.53. The number of rotatable bonds is 7. The summed E-state index contributed by atoms with van der Waals surface area (Å²) < 4.78 is 5.67. The summed E-state index contributed by atoms with van der Waals surface area (Å²) in [5, 5.41) is 48.6. The SMILES string of the molecule is COc1ccc(CNC(C)C)cc1-c1ccc(O)c2c1C[C@@H]1C[C@@H]3[C@H](N(C)C)C(O)=C(C(N)=O)C(=O)[C@@]3(O)C(O)=C1C2=O. The molecule has 0 fully saturated rings. The molecule has 0 bridgehead atoms. The number of likely N-dealkylation sites (N-methyl/N-ethyl adjacent to an activating group) is 1. The number of phenols is 1. The van der Waals surface area contributed by atoms with Gasteiger partial charge < -0.3 is 36.2 Å². The van der Waals surface area contributed by atoms with Crippen molar-refractivity contribution in [1.29, 1.82) is 0 Å². The Kier molecular flexibility index (Phi) is 7.62. The summed E-state index contributed by atoms with van der Waals surface area (Å²) in [5.74, 6) is -6.29. The lowest BCUT2D eigenvalue weighted by Gasteiger charge is -2.50. The quantitative estimate of drug-likeness (QED) is 0.261. The van der Waals surface area contributed by atoms with Crippen LogP contribution in [-0.2, 0) is 22.6 Å². The molecule has 7 N–H and O–H groups in total. The highest BCUT2D eigenvalue weighted by Gasteiger charge is 2.63. The molecule has 0 aliphatic heterocycles. The summed E-state index contributed by atoms with van der Waals surface area (Å²) in [6.45, 7) is 4.69. The minimum atomic E-state index is -2.68. The number of ether oxygens (including phenoxy) is 1. The Hall–Kier alpha value is -4.19.